The summed E-state index contributed by atoms with van der Waals surface area (Å²) in [5, 5.41) is 19.3. The largest absolute Gasteiger partial charge is 0.390 e. The van der Waals surface area contributed by atoms with Crippen LogP contribution in [-0.4, -0.2) is 60.5 Å². The fourth-order valence-corrected chi connectivity index (χ4v) is 1.76. The lowest BCUT2D eigenvalue weighted by Crippen LogP contribution is -2.63. The summed E-state index contributed by atoms with van der Waals surface area (Å²) in [7, 11) is 5.00. The molecule has 5 heteroatoms. The van der Waals surface area contributed by atoms with Crippen LogP contribution < -0.4 is 0 Å². The fraction of sp³-hybridized carbons (Fsp3) is 1.00. The monoisotopic (exact) mass is 205 g/mol. The van der Waals surface area contributed by atoms with Crippen molar-refractivity contribution in [2.24, 2.45) is 0 Å². The van der Waals surface area contributed by atoms with Gasteiger partial charge in [-0.15, -0.1) is 0 Å². The average Bonchev–Trinajstić information content (AvgIpc) is 2.11. The van der Waals surface area contributed by atoms with E-state index in [0.29, 0.717) is 0 Å². The summed E-state index contributed by atoms with van der Waals surface area (Å²) in [5.74, 6) is -1.14. The van der Waals surface area contributed by atoms with E-state index in [1.807, 2.05) is 0 Å². The van der Waals surface area contributed by atoms with Crippen molar-refractivity contribution in [2.45, 2.75) is 37.6 Å². The molecule has 1 aliphatic heterocycles. The van der Waals surface area contributed by atoms with Crippen LogP contribution in [0.4, 0.5) is 0 Å². The van der Waals surface area contributed by atoms with Crippen LogP contribution in [-0.2, 0) is 9.47 Å². The molecule has 0 bridgehead atoms. The molecular weight excluding hydrogens is 186 g/mol. The number of rotatable bonds is 2. The maximum atomic E-state index is 9.83. The summed E-state index contributed by atoms with van der Waals surface area (Å²) in [6, 6.07) is 0. The number of methoxy groups -OCH3 is 1. The summed E-state index contributed by atoms with van der Waals surface area (Å²) in [5.41, 5.74) is 0. The standard InChI is InChI=1S/C9H19NO4/c1-6-7(11)5-8(12)9(13-4,14-6)10(2)3/h6-8,11-12H,5H2,1-4H3/t6-,7+,8-,9-/m1/s1. The smallest absolute Gasteiger partial charge is 0.257 e. The average molecular weight is 205 g/mol. The van der Waals surface area contributed by atoms with E-state index in [1.54, 1.807) is 25.9 Å². The van der Waals surface area contributed by atoms with Crippen molar-refractivity contribution in [2.75, 3.05) is 21.2 Å². The van der Waals surface area contributed by atoms with Gasteiger partial charge in [-0.1, -0.05) is 0 Å². The fourth-order valence-electron chi connectivity index (χ4n) is 1.76. The first-order valence-electron chi connectivity index (χ1n) is 4.70. The molecule has 0 unspecified atom stereocenters. The van der Waals surface area contributed by atoms with Gasteiger partial charge in [0.1, 0.15) is 6.10 Å². The Morgan fingerprint density at radius 3 is 2.43 bits per heavy atom. The molecule has 0 aromatic rings. The minimum absolute atomic E-state index is 0.257. The molecule has 1 rings (SSSR count). The molecule has 0 saturated carbocycles. The van der Waals surface area contributed by atoms with Gasteiger partial charge in [0.05, 0.1) is 12.2 Å². The predicted octanol–water partition coefficient (Wildman–Crippen LogP) is -0.621. The molecule has 0 aliphatic carbocycles. The van der Waals surface area contributed by atoms with E-state index < -0.39 is 18.1 Å². The van der Waals surface area contributed by atoms with Crippen LogP contribution >= 0.6 is 0 Å². The molecule has 0 amide bonds. The third kappa shape index (κ3) is 1.78. The zero-order valence-electron chi connectivity index (χ0n) is 9.10. The van der Waals surface area contributed by atoms with Gasteiger partial charge in [-0.05, 0) is 21.0 Å². The molecule has 0 spiro atoms. The molecule has 1 fully saturated rings. The van der Waals surface area contributed by atoms with E-state index in [-0.39, 0.29) is 12.5 Å². The van der Waals surface area contributed by atoms with E-state index in [0.717, 1.165) is 0 Å². The van der Waals surface area contributed by atoms with Crippen LogP contribution in [0.3, 0.4) is 0 Å². The van der Waals surface area contributed by atoms with Crippen molar-refractivity contribution in [1.29, 1.82) is 0 Å². The summed E-state index contributed by atoms with van der Waals surface area (Å²) in [6.45, 7) is 1.76. The van der Waals surface area contributed by atoms with Gasteiger partial charge in [-0.25, -0.2) is 0 Å². The van der Waals surface area contributed by atoms with Crippen LogP contribution in [0.2, 0.25) is 0 Å². The number of aliphatic hydroxyl groups is 2. The quantitative estimate of drug-likeness (QED) is 0.588. The predicted molar refractivity (Wildman–Crippen MR) is 50.6 cm³/mol. The molecule has 84 valence electrons. The highest BCUT2D eigenvalue weighted by Gasteiger charge is 2.49. The summed E-state index contributed by atoms with van der Waals surface area (Å²) in [6.07, 6.45) is -1.59. The number of aliphatic hydroxyl groups excluding tert-OH is 2. The van der Waals surface area contributed by atoms with E-state index in [9.17, 15) is 10.2 Å². The summed E-state index contributed by atoms with van der Waals surface area (Å²) in [4.78, 5) is 1.67. The Labute approximate surface area is 84.2 Å². The van der Waals surface area contributed by atoms with Gasteiger partial charge in [0, 0.05) is 13.5 Å². The van der Waals surface area contributed by atoms with E-state index in [2.05, 4.69) is 0 Å². The first kappa shape index (κ1) is 11.9. The van der Waals surface area contributed by atoms with Gasteiger partial charge < -0.3 is 19.7 Å². The van der Waals surface area contributed by atoms with Gasteiger partial charge in [0.2, 0.25) is 0 Å². The van der Waals surface area contributed by atoms with Gasteiger partial charge in [0.25, 0.3) is 5.91 Å². The minimum Gasteiger partial charge on any atom is -0.390 e. The highest BCUT2D eigenvalue weighted by atomic mass is 16.7. The molecule has 5 nitrogen and oxygen atoms in total. The summed E-state index contributed by atoms with van der Waals surface area (Å²) >= 11 is 0. The zero-order chi connectivity index (χ0) is 10.9. The molecule has 1 aliphatic rings. The first-order chi connectivity index (χ1) is 6.44. The van der Waals surface area contributed by atoms with Gasteiger partial charge in [0.15, 0.2) is 0 Å². The van der Waals surface area contributed by atoms with Crippen molar-refractivity contribution in [1.82, 2.24) is 4.90 Å². The Morgan fingerprint density at radius 2 is 2.00 bits per heavy atom. The minimum atomic E-state index is -1.14. The maximum absolute atomic E-state index is 9.83. The van der Waals surface area contributed by atoms with Crippen molar-refractivity contribution >= 4 is 0 Å². The summed E-state index contributed by atoms with van der Waals surface area (Å²) < 4.78 is 10.7. The molecule has 1 saturated heterocycles. The number of likely N-dealkylation sites (N-methyl/N-ethyl adjacent to an activating group) is 1. The lowest BCUT2D eigenvalue weighted by Gasteiger charge is -2.47. The van der Waals surface area contributed by atoms with Gasteiger partial charge in [-0.2, -0.15) is 0 Å². The Balaban J connectivity index is 2.85. The lowest BCUT2D eigenvalue weighted by atomic mass is 10.00. The first-order valence-corrected chi connectivity index (χ1v) is 4.70. The Hall–Kier alpha value is -0.200. The number of ether oxygens (including phenoxy) is 2. The van der Waals surface area contributed by atoms with Crippen molar-refractivity contribution < 1.29 is 19.7 Å². The van der Waals surface area contributed by atoms with Crippen LogP contribution in [0.25, 0.3) is 0 Å². The third-order valence-electron chi connectivity index (χ3n) is 2.70. The van der Waals surface area contributed by atoms with Crippen LogP contribution in [0.15, 0.2) is 0 Å². The molecule has 0 radical (unpaired) electrons. The normalized spacial score (nSPS) is 44.4. The van der Waals surface area contributed by atoms with Crippen molar-refractivity contribution in [3.05, 3.63) is 0 Å². The Bertz CT molecular complexity index is 199. The van der Waals surface area contributed by atoms with Gasteiger partial charge >= 0.3 is 0 Å². The lowest BCUT2D eigenvalue weighted by molar-refractivity contribution is -0.379. The van der Waals surface area contributed by atoms with Crippen molar-refractivity contribution in [3.8, 4) is 0 Å². The molecule has 14 heavy (non-hydrogen) atoms. The zero-order valence-corrected chi connectivity index (χ0v) is 9.10. The van der Waals surface area contributed by atoms with E-state index in [4.69, 9.17) is 9.47 Å². The Morgan fingerprint density at radius 1 is 1.43 bits per heavy atom. The molecular formula is C9H19NO4. The third-order valence-corrected chi connectivity index (χ3v) is 2.70. The number of hydrogen-bond acceptors (Lipinski definition) is 5. The second-order valence-electron chi connectivity index (χ2n) is 3.87. The second-order valence-corrected chi connectivity index (χ2v) is 3.87. The molecule has 0 aromatic carbocycles. The Kier molecular flexibility index (Phi) is 3.49. The SMILES string of the molecule is CO[C@@]1(N(C)C)O[C@H](C)[C@@H](O)C[C@H]1O. The number of nitrogens with zero attached hydrogens (tertiary/aromatic N) is 1. The second kappa shape index (κ2) is 4.12. The topological polar surface area (TPSA) is 62.2 Å². The van der Waals surface area contributed by atoms with Gasteiger partial charge in [-0.3, -0.25) is 4.90 Å². The molecule has 2 N–H and O–H groups in total. The van der Waals surface area contributed by atoms with Crippen molar-refractivity contribution in [3.63, 3.8) is 0 Å². The van der Waals surface area contributed by atoms with Crippen LogP contribution in [0, 0.1) is 0 Å². The molecule has 4 atom stereocenters. The van der Waals surface area contributed by atoms with E-state index >= 15 is 0 Å². The number of hydrogen-bond donors (Lipinski definition) is 2. The maximum Gasteiger partial charge on any atom is 0.257 e. The highest BCUT2D eigenvalue weighted by Crippen LogP contribution is 2.31. The van der Waals surface area contributed by atoms with E-state index in [1.165, 1.54) is 7.11 Å². The van der Waals surface area contributed by atoms with Crippen LogP contribution in [0.5, 0.6) is 0 Å². The highest BCUT2D eigenvalue weighted by molar-refractivity contribution is 4.87. The van der Waals surface area contributed by atoms with Crippen LogP contribution in [0.1, 0.15) is 13.3 Å². The molecule has 0 aromatic heterocycles. The molecule has 1 heterocycles.